The summed E-state index contributed by atoms with van der Waals surface area (Å²) in [6.45, 7) is 14.3. The number of fused-ring (bicyclic) bond motifs is 3. The molecule has 0 aliphatic heterocycles. The van der Waals surface area contributed by atoms with Gasteiger partial charge in [-0.05, 0) is 73.5 Å². The van der Waals surface area contributed by atoms with Crippen LogP contribution < -0.4 is 5.32 Å². The van der Waals surface area contributed by atoms with Crippen molar-refractivity contribution in [2.45, 2.75) is 53.9 Å². The normalized spacial score (nSPS) is 16.0. The maximum atomic E-state index is 12.4. The summed E-state index contributed by atoms with van der Waals surface area (Å²) in [6, 6.07) is 7.42. The topological polar surface area (TPSA) is 67.3 Å². The summed E-state index contributed by atoms with van der Waals surface area (Å²) in [7, 11) is 0. The van der Waals surface area contributed by atoms with Gasteiger partial charge in [-0.1, -0.05) is 34.6 Å². The van der Waals surface area contributed by atoms with Crippen LogP contribution in [0.15, 0.2) is 30.6 Å². The highest BCUT2D eigenvalue weighted by Crippen LogP contribution is 2.44. The van der Waals surface area contributed by atoms with Crippen molar-refractivity contribution >= 4 is 39.0 Å². The lowest BCUT2D eigenvalue weighted by Gasteiger charge is -2.33. The number of rotatable bonds is 8. The first-order valence-electron chi connectivity index (χ1n) is 12.3. The quantitative estimate of drug-likeness (QED) is 0.394. The van der Waals surface area contributed by atoms with Gasteiger partial charge in [0, 0.05) is 17.1 Å². The minimum atomic E-state index is -0.288. The van der Waals surface area contributed by atoms with E-state index in [-0.39, 0.29) is 5.97 Å². The second kappa shape index (κ2) is 10.4. The number of hydrogen-bond acceptors (Lipinski definition) is 7. The van der Waals surface area contributed by atoms with Gasteiger partial charge in [0.05, 0.1) is 10.9 Å². The maximum Gasteiger partial charge on any atom is 0.338 e. The molecule has 1 aliphatic carbocycles. The summed E-state index contributed by atoms with van der Waals surface area (Å²) >= 11 is 1.81. The van der Waals surface area contributed by atoms with Gasteiger partial charge in [-0.25, -0.2) is 14.8 Å². The third kappa shape index (κ3) is 5.41. The van der Waals surface area contributed by atoms with E-state index in [9.17, 15) is 4.79 Å². The Morgan fingerprint density at radius 1 is 1.18 bits per heavy atom. The summed E-state index contributed by atoms with van der Waals surface area (Å²) in [5.74, 6) is 1.24. The summed E-state index contributed by atoms with van der Waals surface area (Å²) in [6.07, 6.45) is 5.01. The van der Waals surface area contributed by atoms with Gasteiger partial charge < -0.3 is 15.0 Å². The Hall–Kier alpha value is -2.51. The molecule has 6 nitrogen and oxygen atoms in total. The van der Waals surface area contributed by atoms with Crippen LogP contribution in [0.4, 0.5) is 11.5 Å². The Labute approximate surface area is 206 Å². The molecule has 3 aromatic rings. The van der Waals surface area contributed by atoms with Crippen molar-refractivity contribution in [2.75, 3.05) is 31.6 Å². The highest BCUT2D eigenvalue weighted by Gasteiger charge is 2.31. The molecule has 0 saturated heterocycles. The van der Waals surface area contributed by atoms with E-state index >= 15 is 0 Å². The van der Waals surface area contributed by atoms with Crippen LogP contribution in [0, 0.1) is 11.3 Å². The number of hydrogen-bond donors (Lipinski definition) is 1. The molecule has 4 rings (SSSR count). The van der Waals surface area contributed by atoms with Crippen LogP contribution in [-0.2, 0) is 17.6 Å². The Balaban J connectivity index is 1.46. The predicted molar refractivity (Wildman–Crippen MR) is 140 cm³/mol. The Morgan fingerprint density at radius 3 is 2.59 bits per heavy atom. The number of thiophene rings is 1. The Kier molecular flexibility index (Phi) is 7.53. The standard InChI is InChI=1S/C27H36N4O2S/c1-6-31(7-2)14-15-33-26(32)18-8-11-20(12-9-18)30-24-23-21-13-10-19(27(3,4)5)16-22(21)34-25(23)29-17-28-24/h8-9,11-12,17,19H,6-7,10,13-16H2,1-5H3,(H,28,29,30). The molecule has 1 aliphatic rings. The lowest BCUT2D eigenvalue weighted by molar-refractivity contribution is 0.0466. The van der Waals surface area contributed by atoms with Crippen molar-refractivity contribution in [3.63, 3.8) is 0 Å². The molecule has 1 N–H and O–H groups in total. The predicted octanol–water partition coefficient (Wildman–Crippen LogP) is 6.08. The highest BCUT2D eigenvalue weighted by atomic mass is 32.1. The number of carbonyl (C=O) groups excluding carboxylic acids is 1. The molecular formula is C27H36N4O2S. The van der Waals surface area contributed by atoms with Crippen LogP contribution >= 0.6 is 11.3 Å². The molecule has 0 amide bonds. The first-order valence-corrected chi connectivity index (χ1v) is 13.1. The first kappa shape index (κ1) is 24.6. The van der Waals surface area contributed by atoms with Crippen molar-refractivity contribution in [3.05, 3.63) is 46.6 Å². The second-order valence-corrected chi connectivity index (χ2v) is 11.2. The molecule has 182 valence electrons. The van der Waals surface area contributed by atoms with Crippen LogP contribution in [0.3, 0.4) is 0 Å². The van der Waals surface area contributed by atoms with Crippen LogP contribution in [0.2, 0.25) is 0 Å². The van der Waals surface area contributed by atoms with Gasteiger partial charge in [-0.2, -0.15) is 0 Å². The summed E-state index contributed by atoms with van der Waals surface area (Å²) in [4.78, 5) is 26.3. The number of carbonyl (C=O) groups is 1. The van der Waals surface area contributed by atoms with Gasteiger partial charge in [0.15, 0.2) is 0 Å². The van der Waals surface area contributed by atoms with Gasteiger partial charge in [0.2, 0.25) is 0 Å². The molecule has 0 bridgehead atoms. The molecule has 0 spiro atoms. The molecule has 1 aromatic carbocycles. The van der Waals surface area contributed by atoms with E-state index in [0.29, 0.717) is 23.5 Å². The number of anilines is 2. The monoisotopic (exact) mass is 480 g/mol. The number of likely N-dealkylation sites (N-methyl/N-ethyl adjacent to an activating group) is 1. The minimum absolute atomic E-state index is 0.288. The lowest BCUT2D eigenvalue weighted by Crippen LogP contribution is -2.27. The Morgan fingerprint density at radius 2 is 1.91 bits per heavy atom. The largest absolute Gasteiger partial charge is 0.461 e. The van der Waals surface area contributed by atoms with Crippen molar-refractivity contribution in [3.8, 4) is 0 Å². The molecule has 0 fully saturated rings. The molecule has 34 heavy (non-hydrogen) atoms. The average Bonchev–Trinajstić information content (AvgIpc) is 3.20. The smallest absolute Gasteiger partial charge is 0.338 e. The fourth-order valence-corrected chi connectivity index (χ4v) is 5.93. The van der Waals surface area contributed by atoms with Crippen LogP contribution in [0.1, 0.15) is 61.8 Å². The van der Waals surface area contributed by atoms with E-state index in [4.69, 9.17) is 4.74 Å². The number of esters is 1. The molecule has 7 heteroatoms. The van der Waals surface area contributed by atoms with E-state index in [2.05, 4.69) is 54.8 Å². The molecule has 1 atom stereocenters. The fourth-order valence-electron chi connectivity index (χ4n) is 4.66. The number of nitrogens with one attached hydrogen (secondary N) is 1. The number of aryl methyl sites for hydroxylation is 1. The van der Waals surface area contributed by atoms with Crippen LogP contribution in [-0.4, -0.2) is 47.1 Å². The summed E-state index contributed by atoms with van der Waals surface area (Å²) < 4.78 is 5.44. The SMILES string of the molecule is CCN(CC)CCOC(=O)c1ccc(Nc2ncnc3sc4c(c23)CCC(C(C)(C)C)C4)cc1. The molecule has 2 heterocycles. The lowest BCUT2D eigenvalue weighted by atomic mass is 9.72. The molecular weight excluding hydrogens is 444 g/mol. The van der Waals surface area contributed by atoms with Gasteiger partial charge >= 0.3 is 5.97 Å². The number of benzene rings is 1. The van der Waals surface area contributed by atoms with Gasteiger partial charge in [-0.3, -0.25) is 0 Å². The third-order valence-electron chi connectivity index (χ3n) is 6.99. The van der Waals surface area contributed by atoms with E-state index in [1.54, 1.807) is 18.5 Å². The van der Waals surface area contributed by atoms with E-state index in [0.717, 1.165) is 54.2 Å². The summed E-state index contributed by atoms with van der Waals surface area (Å²) in [5, 5.41) is 4.61. The van der Waals surface area contributed by atoms with Crippen LogP contribution in [0.25, 0.3) is 10.2 Å². The van der Waals surface area contributed by atoms with Gasteiger partial charge in [0.1, 0.15) is 23.6 Å². The van der Waals surface area contributed by atoms with Gasteiger partial charge in [-0.15, -0.1) is 11.3 Å². The minimum Gasteiger partial charge on any atom is -0.461 e. The van der Waals surface area contributed by atoms with Crippen molar-refractivity contribution in [2.24, 2.45) is 11.3 Å². The highest BCUT2D eigenvalue weighted by molar-refractivity contribution is 7.19. The number of nitrogens with zero attached hydrogens (tertiary/aromatic N) is 3. The zero-order valence-electron chi connectivity index (χ0n) is 21.0. The number of ether oxygens (including phenoxy) is 1. The molecule has 0 saturated carbocycles. The Bertz CT molecular complexity index is 1130. The van der Waals surface area contributed by atoms with Crippen molar-refractivity contribution in [1.82, 2.24) is 14.9 Å². The molecule has 1 unspecified atom stereocenters. The second-order valence-electron chi connectivity index (χ2n) is 10.1. The molecule has 0 radical (unpaired) electrons. The zero-order valence-corrected chi connectivity index (χ0v) is 21.8. The van der Waals surface area contributed by atoms with E-state index in [1.165, 1.54) is 16.9 Å². The fraction of sp³-hybridized carbons (Fsp3) is 0.519. The van der Waals surface area contributed by atoms with Gasteiger partial charge in [0.25, 0.3) is 0 Å². The maximum absolute atomic E-state index is 12.4. The van der Waals surface area contributed by atoms with Crippen molar-refractivity contribution in [1.29, 1.82) is 0 Å². The third-order valence-corrected chi connectivity index (χ3v) is 8.15. The number of aromatic nitrogens is 2. The molecule has 2 aromatic heterocycles. The summed E-state index contributed by atoms with van der Waals surface area (Å²) in [5.41, 5.74) is 3.16. The van der Waals surface area contributed by atoms with E-state index < -0.39 is 0 Å². The zero-order chi connectivity index (χ0) is 24.3. The van der Waals surface area contributed by atoms with Crippen molar-refractivity contribution < 1.29 is 9.53 Å². The van der Waals surface area contributed by atoms with Crippen LogP contribution in [0.5, 0.6) is 0 Å². The van der Waals surface area contributed by atoms with E-state index in [1.807, 2.05) is 23.5 Å². The first-order chi connectivity index (χ1) is 16.3. The average molecular weight is 481 g/mol.